The van der Waals surface area contributed by atoms with Crippen LogP contribution in [0.15, 0.2) is 30.3 Å². The molecule has 1 rings (SSSR count). The Hall–Kier alpha value is -1.39. The first kappa shape index (κ1) is 13.7. The van der Waals surface area contributed by atoms with Gasteiger partial charge in [-0.1, -0.05) is 43.7 Å². The molecule has 4 nitrogen and oxygen atoms in total. The Morgan fingerprint density at radius 2 is 2.06 bits per heavy atom. The minimum atomic E-state index is -0.502. The first-order valence-corrected chi connectivity index (χ1v) is 5.90. The topological polar surface area (TPSA) is 75.4 Å². The van der Waals surface area contributed by atoms with E-state index in [9.17, 15) is 9.90 Å². The summed E-state index contributed by atoms with van der Waals surface area (Å²) in [6.07, 6.45) is 1.52. The van der Waals surface area contributed by atoms with Crippen molar-refractivity contribution in [2.45, 2.75) is 31.8 Å². The molecule has 2 atom stereocenters. The summed E-state index contributed by atoms with van der Waals surface area (Å²) < 4.78 is 0. The molecule has 1 aromatic carbocycles. The van der Waals surface area contributed by atoms with E-state index >= 15 is 0 Å². The average molecular weight is 236 g/mol. The maximum absolute atomic E-state index is 11.7. The molecule has 0 bridgehead atoms. The van der Waals surface area contributed by atoms with Gasteiger partial charge in [0.2, 0.25) is 5.91 Å². The van der Waals surface area contributed by atoms with Gasteiger partial charge >= 0.3 is 0 Å². The molecule has 0 spiro atoms. The molecule has 0 radical (unpaired) electrons. The number of amides is 1. The summed E-state index contributed by atoms with van der Waals surface area (Å²) in [4.78, 5) is 11.7. The van der Waals surface area contributed by atoms with Crippen molar-refractivity contribution in [1.82, 2.24) is 5.32 Å². The van der Waals surface area contributed by atoms with E-state index in [1.165, 1.54) is 0 Å². The lowest BCUT2D eigenvalue weighted by Crippen LogP contribution is -2.43. The minimum absolute atomic E-state index is 0.130. The van der Waals surface area contributed by atoms with E-state index in [1.807, 2.05) is 37.3 Å². The first-order valence-electron chi connectivity index (χ1n) is 5.90. The monoisotopic (exact) mass is 236 g/mol. The molecule has 0 unspecified atom stereocenters. The number of aliphatic hydroxyl groups is 1. The first-order chi connectivity index (χ1) is 8.19. The van der Waals surface area contributed by atoms with Gasteiger partial charge in [-0.2, -0.15) is 0 Å². The predicted octanol–water partition coefficient (Wildman–Crippen LogP) is 0.964. The maximum atomic E-state index is 11.7. The molecule has 17 heavy (non-hydrogen) atoms. The number of nitrogens with one attached hydrogen (secondary N) is 1. The van der Waals surface area contributed by atoms with Gasteiger partial charge in [-0.3, -0.25) is 4.79 Å². The van der Waals surface area contributed by atoms with Gasteiger partial charge in [0.05, 0.1) is 18.7 Å². The van der Waals surface area contributed by atoms with Crippen molar-refractivity contribution in [2.24, 2.45) is 5.73 Å². The normalized spacial score (nSPS) is 14.1. The van der Waals surface area contributed by atoms with Crippen molar-refractivity contribution < 1.29 is 9.90 Å². The van der Waals surface area contributed by atoms with Gasteiger partial charge in [0.15, 0.2) is 0 Å². The fourth-order valence-corrected chi connectivity index (χ4v) is 1.64. The summed E-state index contributed by atoms with van der Waals surface area (Å²) in [7, 11) is 0. The fourth-order valence-electron chi connectivity index (χ4n) is 1.64. The Morgan fingerprint density at radius 3 is 2.59 bits per heavy atom. The number of hydrogen-bond donors (Lipinski definition) is 3. The van der Waals surface area contributed by atoms with Crippen LogP contribution in [0.3, 0.4) is 0 Å². The van der Waals surface area contributed by atoms with Gasteiger partial charge in [0, 0.05) is 0 Å². The van der Waals surface area contributed by atoms with Crippen molar-refractivity contribution >= 4 is 5.91 Å². The molecule has 1 amide bonds. The van der Waals surface area contributed by atoms with Crippen LogP contribution in [-0.2, 0) is 4.79 Å². The van der Waals surface area contributed by atoms with Gasteiger partial charge in [-0.15, -0.1) is 0 Å². The second-order valence-electron chi connectivity index (χ2n) is 4.05. The molecular weight excluding hydrogens is 216 g/mol. The molecule has 0 saturated carbocycles. The van der Waals surface area contributed by atoms with E-state index in [0.717, 1.165) is 12.0 Å². The molecule has 0 aromatic heterocycles. The largest absolute Gasteiger partial charge is 0.394 e. The third-order valence-corrected chi connectivity index (χ3v) is 2.64. The van der Waals surface area contributed by atoms with Crippen LogP contribution in [0.4, 0.5) is 0 Å². The summed E-state index contributed by atoms with van der Waals surface area (Å²) in [5.74, 6) is -0.213. The summed E-state index contributed by atoms with van der Waals surface area (Å²) in [5.41, 5.74) is 6.60. The van der Waals surface area contributed by atoms with Gasteiger partial charge in [0.25, 0.3) is 0 Å². The van der Waals surface area contributed by atoms with Crippen LogP contribution in [0.2, 0.25) is 0 Å². The number of hydrogen-bond acceptors (Lipinski definition) is 3. The van der Waals surface area contributed by atoms with E-state index < -0.39 is 6.04 Å². The Balaban J connectivity index is 2.62. The zero-order chi connectivity index (χ0) is 12.7. The molecule has 0 heterocycles. The SMILES string of the molecule is CCC[C@H](N)C(=O)N[C@H](CO)c1ccccc1. The van der Waals surface area contributed by atoms with Gasteiger partial charge in [-0.25, -0.2) is 0 Å². The van der Waals surface area contributed by atoms with Crippen LogP contribution >= 0.6 is 0 Å². The van der Waals surface area contributed by atoms with Gasteiger partial charge in [0.1, 0.15) is 0 Å². The summed E-state index contributed by atoms with van der Waals surface area (Å²) in [5, 5.41) is 12.0. The Kier molecular flexibility index (Phi) is 5.66. The van der Waals surface area contributed by atoms with Crippen molar-refractivity contribution in [2.75, 3.05) is 6.61 Å². The molecule has 0 fully saturated rings. The minimum Gasteiger partial charge on any atom is -0.394 e. The number of carbonyl (C=O) groups is 1. The van der Waals surface area contributed by atoms with Crippen LogP contribution in [0.1, 0.15) is 31.4 Å². The maximum Gasteiger partial charge on any atom is 0.237 e. The van der Waals surface area contributed by atoms with Gasteiger partial charge < -0.3 is 16.2 Å². The van der Waals surface area contributed by atoms with Crippen LogP contribution in [0.25, 0.3) is 0 Å². The number of rotatable bonds is 6. The van der Waals surface area contributed by atoms with Crippen molar-refractivity contribution in [3.63, 3.8) is 0 Å². The highest BCUT2D eigenvalue weighted by molar-refractivity contribution is 5.81. The highest BCUT2D eigenvalue weighted by atomic mass is 16.3. The van der Waals surface area contributed by atoms with Crippen molar-refractivity contribution in [3.8, 4) is 0 Å². The van der Waals surface area contributed by atoms with E-state index in [-0.39, 0.29) is 18.6 Å². The lowest BCUT2D eigenvalue weighted by atomic mass is 10.1. The zero-order valence-corrected chi connectivity index (χ0v) is 10.1. The fraction of sp³-hybridized carbons (Fsp3) is 0.462. The molecule has 4 N–H and O–H groups in total. The number of benzene rings is 1. The van der Waals surface area contributed by atoms with Crippen LogP contribution < -0.4 is 11.1 Å². The third kappa shape index (κ3) is 4.17. The standard InChI is InChI=1S/C13H20N2O2/c1-2-6-11(14)13(17)15-12(9-16)10-7-4-3-5-8-10/h3-5,7-8,11-12,16H,2,6,9,14H2,1H3,(H,15,17)/t11-,12+/m0/s1. The lowest BCUT2D eigenvalue weighted by Gasteiger charge is -2.19. The van der Waals surface area contributed by atoms with E-state index in [4.69, 9.17) is 5.73 Å². The van der Waals surface area contributed by atoms with E-state index in [0.29, 0.717) is 6.42 Å². The summed E-state index contributed by atoms with van der Waals surface area (Å²) in [6, 6.07) is 8.48. The van der Waals surface area contributed by atoms with Crippen LogP contribution in [0.5, 0.6) is 0 Å². The van der Waals surface area contributed by atoms with E-state index in [2.05, 4.69) is 5.32 Å². The quantitative estimate of drug-likeness (QED) is 0.688. The molecule has 0 aliphatic carbocycles. The predicted molar refractivity (Wildman–Crippen MR) is 67.3 cm³/mol. The Morgan fingerprint density at radius 1 is 1.41 bits per heavy atom. The van der Waals surface area contributed by atoms with Crippen LogP contribution in [0, 0.1) is 0 Å². The van der Waals surface area contributed by atoms with E-state index in [1.54, 1.807) is 0 Å². The Labute approximate surface area is 102 Å². The molecule has 0 aliphatic heterocycles. The molecule has 1 aromatic rings. The third-order valence-electron chi connectivity index (χ3n) is 2.64. The summed E-state index contributed by atoms with van der Waals surface area (Å²) in [6.45, 7) is 1.85. The average Bonchev–Trinajstić information content (AvgIpc) is 2.37. The number of nitrogens with two attached hydrogens (primary N) is 1. The summed E-state index contributed by atoms with van der Waals surface area (Å²) >= 11 is 0. The van der Waals surface area contributed by atoms with Crippen molar-refractivity contribution in [1.29, 1.82) is 0 Å². The lowest BCUT2D eigenvalue weighted by molar-refractivity contribution is -0.123. The highest BCUT2D eigenvalue weighted by Crippen LogP contribution is 2.11. The number of aliphatic hydroxyl groups excluding tert-OH is 1. The number of carbonyl (C=O) groups excluding carboxylic acids is 1. The molecule has 0 aliphatic rings. The second-order valence-corrected chi connectivity index (χ2v) is 4.05. The van der Waals surface area contributed by atoms with Crippen LogP contribution in [-0.4, -0.2) is 23.7 Å². The molecular formula is C13H20N2O2. The highest BCUT2D eigenvalue weighted by Gasteiger charge is 2.17. The molecule has 94 valence electrons. The Bertz CT molecular complexity index is 341. The van der Waals surface area contributed by atoms with Crippen molar-refractivity contribution in [3.05, 3.63) is 35.9 Å². The smallest absolute Gasteiger partial charge is 0.237 e. The zero-order valence-electron chi connectivity index (χ0n) is 10.1. The van der Waals surface area contributed by atoms with Gasteiger partial charge in [-0.05, 0) is 12.0 Å². The second kappa shape index (κ2) is 7.04. The molecule has 4 heteroatoms. The molecule has 0 saturated heterocycles.